The van der Waals surface area contributed by atoms with Gasteiger partial charge in [0.2, 0.25) is 0 Å². The first-order valence-electron chi connectivity index (χ1n) is 12.4. The van der Waals surface area contributed by atoms with Crippen molar-refractivity contribution in [1.82, 2.24) is 19.5 Å². The number of hydrogen-bond acceptors (Lipinski definition) is 11. The molecule has 41 heavy (non-hydrogen) atoms. The summed E-state index contributed by atoms with van der Waals surface area (Å²) in [6.07, 6.45) is -7.25. The molecule has 3 heterocycles. The number of halogens is 1. The molecule has 2 aromatic heterocycles. The normalized spacial score (nSPS) is 25.0. The van der Waals surface area contributed by atoms with Crippen LogP contribution in [0.2, 0.25) is 4.71 Å². The van der Waals surface area contributed by atoms with E-state index in [0.717, 1.165) is 12.3 Å². The standard InChI is InChI=1S/C25H28AsFN5O8P/c1-13(22(34)35)26-41(36,40-16-10-6-8-14-7-4-5-9-15(14)16)38-11-17-19(33)25(2,27)23(39-17)32-12-29-18-20(32)30-24(28)31-21(18)37-3/h4-10,12-13,17,19,23,26,33H,11H2,1-3H3,(H,34,35)(H2,28,30,31)/t13?,17-,19-,23?,25-,41?/m1/s1. The van der Waals surface area contributed by atoms with Crippen LogP contribution in [0.5, 0.6) is 11.6 Å². The zero-order valence-corrected chi connectivity index (χ0v) is 25.2. The van der Waals surface area contributed by atoms with Gasteiger partial charge in [-0.3, -0.25) is 0 Å². The number of alkyl halides is 1. The van der Waals surface area contributed by atoms with E-state index < -0.39 is 62.8 Å². The van der Waals surface area contributed by atoms with Crippen LogP contribution in [0.15, 0.2) is 48.8 Å². The van der Waals surface area contributed by atoms with Crippen molar-refractivity contribution in [2.75, 3.05) is 19.5 Å². The topological polar surface area (TPSA) is 181 Å². The summed E-state index contributed by atoms with van der Waals surface area (Å²) < 4.78 is 53.0. The molecule has 0 bridgehead atoms. The van der Waals surface area contributed by atoms with Gasteiger partial charge in [0, 0.05) is 0 Å². The molecule has 2 aromatic carbocycles. The van der Waals surface area contributed by atoms with Crippen LogP contribution < -0.4 is 15.0 Å². The summed E-state index contributed by atoms with van der Waals surface area (Å²) in [5, 5.41) is 21.9. The number of nitrogens with zero attached hydrogens (tertiary/aromatic N) is 4. The van der Waals surface area contributed by atoms with E-state index in [9.17, 15) is 19.6 Å². The fourth-order valence-corrected chi connectivity index (χ4v) is 11.6. The van der Waals surface area contributed by atoms with Crippen molar-refractivity contribution in [3.63, 3.8) is 0 Å². The zero-order chi connectivity index (χ0) is 29.5. The third kappa shape index (κ3) is 5.62. The van der Waals surface area contributed by atoms with Gasteiger partial charge in [-0.25, -0.2) is 0 Å². The van der Waals surface area contributed by atoms with Crippen LogP contribution in [0.3, 0.4) is 0 Å². The predicted molar refractivity (Wildman–Crippen MR) is 148 cm³/mol. The summed E-state index contributed by atoms with van der Waals surface area (Å²) in [5.74, 6) is -0.954. The minimum absolute atomic E-state index is 0.0776. The van der Waals surface area contributed by atoms with Gasteiger partial charge in [-0.1, -0.05) is 0 Å². The number of carboxylic acids is 1. The van der Waals surface area contributed by atoms with E-state index in [1.54, 1.807) is 24.3 Å². The van der Waals surface area contributed by atoms with E-state index in [-0.39, 0.29) is 28.7 Å². The predicted octanol–water partition coefficient (Wildman–Crippen LogP) is 3.09. The first-order chi connectivity index (χ1) is 19.4. The van der Waals surface area contributed by atoms with Crippen molar-refractivity contribution >= 4 is 55.3 Å². The van der Waals surface area contributed by atoms with E-state index in [4.69, 9.17) is 24.3 Å². The summed E-state index contributed by atoms with van der Waals surface area (Å²) >= 11 is -1.90. The summed E-state index contributed by atoms with van der Waals surface area (Å²) in [7, 11) is 1.37. The SMILES string of the molecule is COc1nc(N)nc2c1ncn2C1O[C@H](COP(=O)(Oc2cccc3ccccc23)[AsH]C(C)C(=O)O)[C@@H](O)[C@@]1(C)F. The van der Waals surface area contributed by atoms with Gasteiger partial charge in [0.05, 0.1) is 0 Å². The third-order valence-corrected chi connectivity index (χ3v) is 14.6. The van der Waals surface area contributed by atoms with E-state index in [2.05, 4.69) is 15.0 Å². The van der Waals surface area contributed by atoms with Crippen molar-refractivity contribution in [1.29, 1.82) is 0 Å². The van der Waals surface area contributed by atoms with E-state index >= 15 is 4.39 Å². The Bertz CT molecular complexity index is 1650. The van der Waals surface area contributed by atoms with Crippen molar-refractivity contribution in [2.45, 2.75) is 42.7 Å². The van der Waals surface area contributed by atoms with Crippen LogP contribution in [0.25, 0.3) is 21.9 Å². The number of imidazole rings is 1. The van der Waals surface area contributed by atoms with Crippen molar-refractivity contribution in [3.05, 3.63) is 48.8 Å². The molecule has 1 fully saturated rings. The van der Waals surface area contributed by atoms with Crippen molar-refractivity contribution in [2.24, 2.45) is 0 Å². The number of fused-ring (bicyclic) bond motifs is 2. The maximum atomic E-state index is 16.0. The van der Waals surface area contributed by atoms with Gasteiger partial charge < -0.3 is 0 Å². The molecule has 0 radical (unpaired) electrons. The Morgan fingerprint density at radius 1 is 1.29 bits per heavy atom. The summed E-state index contributed by atoms with van der Waals surface area (Å²) in [4.78, 5) is 23.9. The number of hydrogen-bond donors (Lipinski definition) is 3. The Balaban J connectivity index is 1.42. The molecule has 1 saturated heterocycles. The van der Waals surface area contributed by atoms with Crippen LogP contribution in [0.4, 0.5) is 10.3 Å². The summed E-state index contributed by atoms with van der Waals surface area (Å²) in [5.41, 5.74) is 3.72. The number of rotatable bonds is 10. The molecule has 0 amide bonds. The van der Waals surface area contributed by atoms with Crippen LogP contribution in [0.1, 0.15) is 20.1 Å². The fraction of sp³-hybridized carbons (Fsp3) is 0.360. The number of carboxylic acid groups (broad SMARTS) is 1. The minimum atomic E-state index is -4.05. The van der Waals surface area contributed by atoms with Gasteiger partial charge in [-0.2, -0.15) is 0 Å². The second-order valence-electron chi connectivity index (χ2n) is 9.59. The first-order valence-corrected chi connectivity index (χ1v) is 18.0. The van der Waals surface area contributed by atoms with Gasteiger partial charge in [0.1, 0.15) is 0 Å². The molecule has 7 atom stereocenters. The molecule has 1 aliphatic heterocycles. The zero-order valence-electron chi connectivity index (χ0n) is 22.2. The summed E-state index contributed by atoms with van der Waals surface area (Å²) in [6, 6.07) is 12.4. The van der Waals surface area contributed by atoms with Gasteiger partial charge in [-0.05, 0) is 0 Å². The second kappa shape index (κ2) is 11.2. The Hall–Kier alpha value is -3.28. The number of aromatic nitrogens is 4. The Kier molecular flexibility index (Phi) is 7.97. The molecule has 0 saturated carbocycles. The number of aliphatic carboxylic acids is 1. The van der Waals surface area contributed by atoms with Crippen molar-refractivity contribution in [3.8, 4) is 11.6 Å². The van der Waals surface area contributed by atoms with Crippen LogP contribution in [-0.4, -0.2) is 82.6 Å². The number of ether oxygens (including phenoxy) is 2. The Labute approximate surface area is 239 Å². The van der Waals surface area contributed by atoms with Crippen LogP contribution in [0, 0.1) is 0 Å². The van der Waals surface area contributed by atoms with Gasteiger partial charge in [0.25, 0.3) is 0 Å². The number of carbonyl (C=O) groups is 1. The van der Waals surface area contributed by atoms with Crippen LogP contribution >= 0.6 is 6.16 Å². The number of aliphatic hydroxyl groups is 1. The van der Waals surface area contributed by atoms with Gasteiger partial charge in [0.15, 0.2) is 0 Å². The molecule has 0 aliphatic carbocycles. The van der Waals surface area contributed by atoms with E-state index in [1.165, 1.54) is 24.9 Å². The Morgan fingerprint density at radius 3 is 2.76 bits per heavy atom. The van der Waals surface area contributed by atoms with E-state index in [1.807, 2.05) is 18.2 Å². The number of anilines is 1. The molecule has 0 spiro atoms. The van der Waals surface area contributed by atoms with Crippen LogP contribution in [-0.2, 0) is 18.6 Å². The molecule has 218 valence electrons. The third-order valence-electron chi connectivity index (χ3n) is 6.67. The molecule has 5 rings (SSSR count). The monoisotopic (exact) mass is 651 g/mol. The molecule has 16 heteroatoms. The number of methoxy groups -OCH3 is 1. The summed E-state index contributed by atoms with van der Waals surface area (Å²) in [6.45, 7) is 2.02. The maximum absolute atomic E-state index is 16.0. The van der Waals surface area contributed by atoms with Crippen molar-refractivity contribution < 1.29 is 42.5 Å². The molecule has 4 aromatic rings. The number of nitrogen functional groups attached to an aromatic ring is 1. The fourth-order valence-electron chi connectivity index (χ4n) is 4.53. The quantitative estimate of drug-likeness (QED) is 0.169. The van der Waals surface area contributed by atoms with E-state index in [0.29, 0.717) is 5.39 Å². The molecule has 4 unspecified atom stereocenters. The number of aliphatic hydroxyl groups excluding tert-OH is 1. The molecule has 4 N–H and O–H groups in total. The number of benzene rings is 2. The average Bonchev–Trinajstić information content (AvgIpc) is 3.44. The Morgan fingerprint density at radius 2 is 2.02 bits per heavy atom. The first kappa shape index (κ1) is 29.2. The van der Waals surface area contributed by atoms with Gasteiger partial charge in [-0.15, -0.1) is 0 Å². The number of nitrogens with two attached hydrogens (primary N) is 1. The second-order valence-corrected chi connectivity index (χ2v) is 18.2. The molecular formula is C25H28AsFN5O8P. The molecule has 1 aliphatic rings. The van der Waals surface area contributed by atoms with Gasteiger partial charge >= 0.3 is 240 Å². The molecule has 13 nitrogen and oxygen atoms in total. The molecular weight excluding hydrogens is 623 g/mol. The average molecular weight is 651 g/mol.